The fourth-order valence-electron chi connectivity index (χ4n) is 4.97. The van der Waals surface area contributed by atoms with Crippen LogP contribution in [0.5, 0.6) is 5.88 Å². The number of carboxylic acid groups (broad SMARTS) is 1. The average Bonchev–Trinajstić information content (AvgIpc) is 2.88. The molecule has 1 saturated heterocycles. The summed E-state index contributed by atoms with van der Waals surface area (Å²) in [5, 5.41) is 12.3. The van der Waals surface area contributed by atoms with E-state index in [1.807, 2.05) is 25.1 Å². The fraction of sp³-hybridized carbons (Fsp3) is 0.519. The molecular formula is C27H34N2O5. The van der Waals surface area contributed by atoms with Crippen molar-refractivity contribution in [3.63, 3.8) is 0 Å². The van der Waals surface area contributed by atoms with Crippen molar-refractivity contribution in [2.75, 3.05) is 19.8 Å². The quantitative estimate of drug-likeness (QED) is 0.587. The van der Waals surface area contributed by atoms with Crippen molar-refractivity contribution in [2.24, 2.45) is 5.92 Å². The third-order valence-corrected chi connectivity index (χ3v) is 7.19. The second-order valence-corrected chi connectivity index (χ2v) is 9.49. The van der Waals surface area contributed by atoms with Crippen molar-refractivity contribution in [2.45, 2.75) is 63.3 Å². The Balaban J connectivity index is 1.49. The number of amides is 1. The number of aromatic carboxylic acids is 1. The molecule has 0 spiro atoms. The number of pyridine rings is 1. The van der Waals surface area contributed by atoms with Crippen molar-refractivity contribution < 1.29 is 24.2 Å². The number of nitrogens with zero attached hydrogens (tertiary/aromatic N) is 1. The summed E-state index contributed by atoms with van der Waals surface area (Å²) < 4.78 is 11.6. The lowest BCUT2D eigenvalue weighted by Gasteiger charge is -2.36. The van der Waals surface area contributed by atoms with E-state index in [9.17, 15) is 9.59 Å². The predicted molar refractivity (Wildman–Crippen MR) is 128 cm³/mol. The van der Waals surface area contributed by atoms with Crippen LogP contribution in [0.3, 0.4) is 0 Å². The first-order valence-corrected chi connectivity index (χ1v) is 12.3. The highest BCUT2D eigenvalue weighted by Gasteiger charge is 2.43. The number of carbonyl (C=O) groups is 2. The van der Waals surface area contributed by atoms with Gasteiger partial charge >= 0.3 is 5.97 Å². The molecule has 1 unspecified atom stereocenters. The van der Waals surface area contributed by atoms with Crippen LogP contribution < -0.4 is 10.1 Å². The minimum atomic E-state index is -0.971. The van der Waals surface area contributed by atoms with Gasteiger partial charge in [-0.15, -0.1) is 0 Å². The van der Waals surface area contributed by atoms with Gasteiger partial charge < -0.3 is 19.9 Å². The van der Waals surface area contributed by atoms with Gasteiger partial charge in [-0.3, -0.25) is 4.79 Å². The molecule has 1 atom stereocenters. The molecule has 1 aliphatic carbocycles. The highest BCUT2D eigenvalue weighted by Crippen LogP contribution is 2.36. The van der Waals surface area contributed by atoms with Crippen LogP contribution in [0.4, 0.5) is 0 Å². The fourth-order valence-corrected chi connectivity index (χ4v) is 4.97. The molecule has 1 amide bonds. The minimum absolute atomic E-state index is 0.0949. The van der Waals surface area contributed by atoms with E-state index in [2.05, 4.69) is 5.32 Å². The second-order valence-electron chi connectivity index (χ2n) is 9.49. The van der Waals surface area contributed by atoms with Crippen LogP contribution >= 0.6 is 0 Å². The Kier molecular flexibility index (Phi) is 7.83. The van der Waals surface area contributed by atoms with Crippen molar-refractivity contribution in [3.05, 3.63) is 59.3 Å². The summed E-state index contributed by atoms with van der Waals surface area (Å²) in [6.45, 7) is 3.55. The zero-order valence-electron chi connectivity index (χ0n) is 19.8. The van der Waals surface area contributed by atoms with Gasteiger partial charge in [0.15, 0.2) is 0 Å². The molecule has 2 N–H and O–H groups in total. The Morgan fingerprint density at radius 1 is 1.12 bits per heavy atom. The summed E-state index contributed by atoms with van der Waals surface area (Å²) in [7, 11) is 0. The number of ether oxygens (including phenoxy) is 2. The van der Waals surface area contributed by atoms with Gasteiger partial charge in [-0.05, 0) is 62.3 Å². The van der Waals surface area contributed by atoms with E-state index in [4.69, 9.17) is 19.6 Å². The van der Waals surface area contributed by atoms with Crippen molar-refractivity contribution >= 4 is 11.9 Å². The van der Waals surface area contributed by atoms with Crippen molar-refractivity contribution in [1.82, 2.24) is 10.3 Å². The Labute approximate surface area is 200 Å². The number of carboxylic acids is 1. The van der Waals surface area contributed by atoms with Gasteiger partial charge in [-0.1, -0.05) is 37.5 Å². The van der Waals surface area contributed by atoms with Gasteiger partial charge in [0.2, 0.25) is 11.8 Å². The van der Waals surface area contributed by atoms with Crippen LogP contribution in [-0.2, 0) is 14.9 Å². The van der Waals surface area contributed by atoms with E-state index in [1.165, 1.54) is 32.1 Å². The predicted octanol–water partition coefficient (Wildman–Crippen LogP) is 4.66. The van der Waals surface area contributed by atoms with Crippen LogP contribution in [-0.4, -0.2) is 41.8 Å². The zero-order valence-corrected chi connectivity index (χ0v) is 19.8. The highest BCUT2D eigenvalue weighted by atomic mass is 16.5. The molecule has 34 heavy (non-hydrogen) atoms. The minimum Gasteiger partial charge on any atom is -0.478 e. The van der Waals surface area contributed by atoms with Crippen LogP contribution in [0.15, 0.2) is 42.5 Å². The molecule has 4 rings (SSSR count). The molecule has 2 aliphatic rings. The van der Waals surface area contributed by atoms with E-state index >= 15 is 0 Å². The SMILES string of the molecule is CC(NC(=O)C1(c2cccc(OCC3CCCCC3)n2)CCOCC1)c1ccc(C(=O)O)cc1. The summed E-state index contributed by atoms with van der Waals surface area (Å²) in [5.74, 6) is 0.0792. The zero-order chi connectivity index (χ0) is 24.0. The van der Waals surface area contributed by atoms with Gasteiger partial charge in [-0.2, -0.15) is 0 Å². The molecule has 1 aliphatic heterocycles. The molecule has 0 radical (unpaired) electrons. The Morgan fingerprint density at radius 3 is 2.50 bits per heavy atom. The summed E-state index contributed by atoms with van der Waals surface area (Å²) in [5.41, 5.74) is 0.982. The van der Waals surface area contributed by atoms with Gasteiger partial charge in [0.05, 0.1) is 29.3 Å². The molecule has 7 nitrogen and oxygen atoms in total. The van der Waals surface area contributed by atoms with Gasteiger partial charge in [0, 0.05) is 19.3 Å². The van der Waals surface area contributed by atoms with Gasteiger partial charge in [-0.25, -0.2) is 9.78 Å². The smallest absolute Gasteiger partial charge is 0.335 e. The van der Waals surface area contributed by atoms with Crippen LogP contribution in [0.2, 0.25) is 0 Å². The molecule has 7 heteroatoms. The molecule has 1 saturated carbocycles. The van der Waals surface area contributed by atoms with E-state index in [-0.39, 0.29) is 17.5 Å². The van der Waals surface area contributed by atoms with Crippen LogP contribution in [0.25, 0.3) is 0 Å². The Morgan fingerprint density at radius 2 is 1.82 bits per heavy atom. The third kappa shape index (κ3) is 5.58. The number of rotatable bonds is 8. The number of benzene rings is 1. The molecule has 182 valence electrons. The number of carbonyl (C=O) groups excluding carboxylic acids is 1. The van der Waals surface area contributed by atoms with Crippen LogP contribution in [0.1, 0.15) is 79.5 Å². The van der Waals surface area contributed by atoms with Crippen molar-refractivity contribution in [3.8, 4) is 5.88 Å². The molecule has 2 aromatic rings. The molecule has 1 aromatic heterocycles. The maximum atomic E-state index is 13.7. The maximum absolute atomic E-state index is 13.7. The largest absolute Gasteiger partial charge is 0.478 e. The highest BCUT2D eigenvalue weighted by molar-refractivity contribution is 5.89. The standard InChI is InChI=1S/C27H34N2O5/c1-19(21-10-12-22(13-11-21)25(30)31)28-26(32)27(14-16-33-17-15-27)23-8-5-9-24(29-23)34-18-20-6-3-2-4-7-20/h5,8-13,19-20H,2-4,6-7,14-18H2,1H3,(H,28,32)(H,30,31). The van der Waals surface area contributed by atoms with E-state index < -0.39 is 11.4 Å². The van der Waals surface area contributed by atoms with E-state index in [1.54, 1.807) is 24.3 Å². The van der Waals surface area contributed by atoms with Crippen molar-refractivity contribution in [1.29, 1.82) is 0 Å². The normalized spacial score (nSPS) is 19.2. The third-order valence-electron chi connectivity index (χ3n) is 7.19. The first-order chi connectivity index (χ1) is 16.5. The summed E-state index contributed by atoms with van der Waals surface area (Å²) >= 11 is 0. The van der Waals surface area contributed by atoms with Crippen LogP contribution in [0, 0.1) is 5.92 Å². The number of aromatic nitrogens is 1. The lowest BCUT2D eigenvalue weighted by atomic mass is 9.75. The van der Waals surface area contributed by atoms with Gasteiger partial charge in [0.25, 0.3) is 0 Å². The second kappa shape index (κ2) is 11.0. The maximum Gasteiger partial charge on any atom is 0.335 e. The molecular weight excluding hydrogens is 432 g/mol. The molecule has 2 heterocycles. The average molecular weight is 467 g/mol. The number of nitrogens with one attached hydrogen (secondary N) is 1. The Hall–Kier alpha value is -2.93. The molecule has 1 aromatic carbocycles. The Bertz CT molecular complexity index is 979. The first kappa shape index (κ1) is 24.2. The monoisotopic (exact) mass is 466 g/mol. The summed E-state index contributed by atoms with van der Waals surface area (Å²) in [6.07, 6.45) is 7.34. The number of hydrogen-bond donors (Lipinski definition) is 2. The number of hydrogen-bond acceptors (Lipinski definition) is 5. The van der Waals surface area contributed by atoms with E-state index in [0.717, 1.165) is 5.56 Å². The summed E-state index contributed by atoms with van der Waals surface area (Å²) in [4.78, 5) is 29.6. The van der Waals surface area contributed by atoms with E-state index in [0.29, 0.717) is 50.2 Å². The summed E-state index contributed by atoms with van der Waals surface area (Å²) in [6, 6.07) is 12.0. The first-order valence-electron chi connectivity index (χ1n) is 12.3. The van der Waals surface area contributed by atoms with Gasteiger partial charge in [0.1, 0.15) is 0 Å². The molecule has 0 bridgehead atoms. The lowest BCUT2D eigenvalue weighted by Crippen LogP contribution is -2.49. The lowest BCUT2D eigenvalue weighted by molar-refractivity contribution is -0.131. The topological polar surface area (TPSA) is 97.8 Å². The molecule has 2 fully saturated rings.